The average molecular weight is 203 g/mol. The number of rotatable bonds is 8. The van der Waals surface area contributed by atoms with E-state index in [1.54, 1.807) is 0 Å². The number of halogens is 1. The van der Waals surface area contributed by atoms with Crippen molar-refractivity contribution in [2.45, 2.75) is 50.8 Å². The second kappa shape index (κ2) is 8.24. The molecule has 0 aromatic carbocycles. The van der Waals surface area contributed by atoms with Crippen molar-refractivity contribution in [3.05, 3.63) is 0 Å². The fourth-order valence-corrected chi connectivity index (χ4v) is 1.19. The van der Waals surface area contributed by atoms with Gasteiger partial charge in [-0.1, -0.05) is 0 Å². The summed E-state index contributed by atoms with van der Waals surface area (Å²) in [5.41, 5.74) is 0.803. The fourth-order valence-electron chi connectivity index (χ4n) is 1.08. The lowest BCUT2D eigenvalue weighted by molar-refractivity contribution is 0.767. The number of alkyl halides is 1. The standard InChI is InChI=1S/C10H19ClN2/c1-9(11)6-7-10(13)5-3-2-4-8-12/h8-9,12-13H,2-7H2,1H3. The summed E-state index contributed by atoms with van der Waals surface area (Å²) >= 11 is 5.78. The van der Waals surface area contributed by atoms with Gasteiger partial charge in [-0.25, -0.2) is 0 Å². The van der Waals surface area contributed by atoms with Gasteiger partial charge in [0.25, 0.3) is 0 Å². The van der Waals surface area contributed by atoms with Crippen molar-refractivity contribution < 1.29 is 0 Å². The molecule has 0 heterocycles. The largest absolute Gasteiger partial charge is 0.313 e. The van der Waals surface area contributed by atoms with Gasteiger partial charge >= 0.3 is 0 Å². The van der Waals surface area contributed by atoms with Gasteiger partial charge in [-0.05, 0) is 51.7 Å². The van der Waals surface area contributed by atoms with Crippen LogP contribution in [0.5, 0.6) is 0 Å². The summed E-state index contributed by atoms with van der Waals surface area (Å²) in [6.45, 7) is 1.96. The molecule has 0 aromatic rings. The van der Waals surface area contributed by atoms with Crippen molar-refractivity contribution in [3.8, 4) is 0 Å². The first kappa shape index (κ1) is 12.6. The number of hydrogen-bond acceptors (Lipinski definition) is 2. The van der Waals surface area contributed by atoms with E-state index in [0.29, 0.717) is 0 Å². The molecule has 0 radical (unpaired) electrons. The van der Waals surface area contributed by atoms with E-state index >= 15 is 0 Å². The summed E-state index contributed by atoms with van der Waals surface area (Å²) in [5.74, 6) is 0. The van der Waals surface area contributed by atoms with E-state index in [1.165, 1.54) is 6.21 Å². The molecule has 0 aliphatic heterocycles. The maximum Gasteiger partial charge on any atom is 0.0311 e. The van der Waals surface area contributed by atoms with Gasteiger partial charge in [0.1, 0.15) is 0 Å². The van der Waals surface area contributed by atoms with Crippen molar-refractivity contribution in [2.24, 2.45) is 0 Å². The molecule has 0 rings (SSSR count). The Morgan fingerprint density at radius 3 is 2.62 bits per heavy atom. The molecule has 0 fully saturated rings. The van der Waals surface area contributed by atoms with Crippen molar-refractivity contribution >= 4 is 23.5 Å². The van der Waals surface area contributed by atoms with Crippen molar-refractivity contribution in [1.82, 2.24) is 0 Å². The average Bonchev–Trinajstić information content (AvgIpc) is 2.09. The summed E-state index contributed by atoms with van der Waals surface area (Å²) in [5, 5.41) is 14.6. The smallest absolute Gasteiger partial charge is 0.0311 e. The third kappa shape index (κ3) is 9.54. The van der Waals surface area contributed by atoms with Crippen LogP contribution in [0.4, 0.5) is 0 Å². The fraction of sp³-hybridized carbons (Fsp3) is 0.800. The van der Waals surface area contributed by atoms with Crippen LogP contribution in [0.15, 0.2) is 0 Å². The molecule has 1 unspecified atom stereocenters. The van der Waals surface area contributed by atoms with E-state index in [4.69, 9.17) is 22.4 Å². The number of nitrogens with one attached hydrogen (secondary N) is 2. The molecule has 2 N–H and O–H groups in total. The lowest BCUT2D eigenvalue weighted by Gasteiger charge is -2.04. The Bertz CT molecular complexity index is 155. The first-order valence-corrected chi connectivity index (χ1v) is 5.29. The van der Waals surface area contributed by atoms with E-state index in [0.717, 1.165) is 44.2 Å². The Balaban J connectivity index is 3.25. The van der Waals surface area contributed by atoms with E-state index in [2.05, 4.69) is 0 Å². The second-order valence-electron chi connectivity index (χ2n) is 3.37. The van der Waals surface area contributed by atoms with Crippen LogP contribution in [0, 0.1) is 10.8 Å². The van der Waals surface area contributed by atoms with Gasteiger partial charge in [0, 0.05) is 11.1 Å². The summed E-state index contributed by atoms with van der Waals surface area (Å²) in [6, 6.07) is 0. The highest BCUT2D eigenvalue weighted by Gasteiger charge is 2.00. The van der Waals surface area contributed by atoms with Crippen LogP contribution in [-0.4, -0.2) is 17.3 Å². The first-order chi connectivity index (χ1) is 6.16. The van der Waals surface area contributed by atoms with Crippen LogP contribution in [0.25, 0.3) is 0 Å². The van der Waals surface area contributed by atoms with Crippen LogP contribution in [0.3, 0.4) is 0 Å². The molecular formula is C10H19ClN2. The molecule has 13 heavy (non-hydrogen) atoms. The van der Waals surface area contributed by atoms with Crippen molar-refractivity contribution in [1.29, 1.82) is 10.8 Å². The molecule has 0 bridgehead atoms. The highest BCUT2D eigenvalue weighted by Crippen LogP contribution is 2.08. The topological polar surface area (TPSA) is 47.7 Å². The molecule has 0 aliphatic carbocycles. The highest BCUT2D eigenvalue weighted by atomic mass is 35.5. The third-order valence-electron chi connectivity index (χ3n) is 1.92. The van der Waals surface area contributed by atoms with Crippen LogP contribution >= 0.6 is 11.6 Å². The molecule has 2 nitrogen and oxygen atoms in total. The molecule has 0 spiro atoms. The summed E-state index contributed by atoms with van der Waals surface area (Å²) in [7, 11) is 0. The Morgan fingerprint density at radius 1 is 1.38 bits per heavy atom. The lowest BCUT2D eigenvalue weighted by atomic mass is 10.1. The number of hydrogen-bond donors (Lipinski definition) is 2. The Morgan fingerprint density at radius 2 is 2.08 bits per heavy atom. The van der Waals surface area contributed by atoms with E-state index in [1.807, 2.05) is 6.92 Å². The Labute approximate surface area is 85.7 Å². The zero-order chi connectivity index (χ0) is 10.1. The predicted octanol–water partition coefficient (Wildman–Crippen LogP) is 3.62. The van der Waals surface area contributed by atoms with E-state index in [9.17, 15) is 0 Å². The minimum Gasteiger partial charge on any atom is -0.313 e. The van der Waals surface area contributed by atoms with Crippen LogP contribution in [-0.2, 0) is 0 Å². The maximum absolute atomic E-state index is 7.60. The zero-order valence-electron chi connectivity index (χ0n) is 8.28. The summed E-state index contributed by atoms with van der Waals surface area (Å²) in [4.78, 5) is 0. The van der Waals surface area contributed by atoms with Gasteiger partial charge < -0.3 is 10.8 Å². The molecule has 0 amide bonds. The molecule has 0 aliphatic rings. The van der Waals surface area contributed by atoms with Crippen molar-refractivity contribution in [3.63, 3.8) is 0 Å². The molecular weight excluding hydrogens is 184 g/mol. The summed E-state index contributed by atoms with van der Waals surface area (Å²) < 4.78 is 0. The molecule has 1 atom stereocenters. The van der Waals surface area contributed by atoms with Crippen LogP contribution in [0.1, 0.15) is 45.4 Å². The monoisotopic (exact) mass is 202 g/mol. The molecule has 0 saturated carbocycles. The van der Waals surface area contributed by atoms with Crippen LogP contribution < -0.4 is 0 Å². The van der Waals surface area contributed by atoms with Gasteiger partial charge in [0.2, 0.25) is 0 Å². The van der Waals surface area contributed by atoms with Crippen LogP contribution in [0.2, 0.25) is 0 Å². The Kier molecular flexibility index (Phi) is 8.00. The second-order valence-corrected chi connectivity index (χ2v) is 4.12. The van der Waals surface area contributed by atoms with Gasteiger partial charge in [-0.3, -0.25) is 0 Å². The van der Waals surface area contributed by atoms with Crippen molar-refractivity contribution in [2.75, 3.05) is 0 Å². The molecule has 0 saturated heterocycles. The molecule has 0 aromatic heterocycles. The highest BCUT2D eigenvalue weighted by molar-refractivity contribution is 6.20. The molecule has 76 valence electrons. The van der Waals surface area contributed by atoms with Gasteiger partial charge in [0.15, 0.2) is 0 Å². The number of unbranched alkanes of at least 4 members (excludes halogenated alkanes) is 2. The van der Waals surface area contributed by atoms with Gasteiger partial charge in [-0.15, -0.1) is 11.6 Å². The van der Waals surface area contributed by atoms with E-state index < -0.39 is 0 Å². The zero-order valence-corrected chi connectivity index (χ0v) is 9.03. The molecule has 3 heteroatoms. The SMILES string of the molecule is CC(Cl)CCC(=N)CCCCC=N. The summed E-state index contributed by atoms with van der Waals surface area (Å²) in [6.07, 6.45) is 6.95. The van der Waals surface area contributed by atoms with Gasteiger partial charge in [-0.2, -0.15) is 0 Å². The quantitative estimate of drug-likeness (QED) is 0.343. The predicted molar refractivity (Wildman–Crippen MR) is 59.5 cm³/mol. The third-order valence-corrected chi connectivity index (χ3v) is 2.14. The maximum atomic E-state index is 7.60. The normalized spacial score (nSPS) is 12.5. The Hall–Kier alpha value is -0.370. The first-order valence-electron chi connectivity index (χ1n) is 4.86. The van der Waals surface area contributed by atoms with E-state index in [-0.39, 0.29) is 5.38 Å². The minimum absolute atomic E-state index is 0.182. The minimum atomic E-state index is 0.182. The van der Waals surface area contributed by atoms with Gasteiger partial charge in [0.05, 0.1) is 0 Å². The lowest BCUT2D eigenvalue weighted by Crippen LogP contribution is -2.00.